The zero-order valence-electron chi connectivity index (χ0n) is 12.6. The van der Waals surface area contributed by atoms with E-state index in [2.05, 4.69) is 5.32 Å². The van der Waals surface area contributed by atoms with E-state index in [1.807, 2.05) is 4.90 Å². The van der Waals surface area contributed by atoms with Gasteiger partial charge in [0.1, 0.15) is 5.82 Å². The second-order valence-electron chi connectivity index (χ2n) is 6.25. The molecule has 2 atom stereocenters. The molecule has 1 aromatic rings. The summed E-state index contributed by atoms with van der Waals surface area (Å²) >= 11 is 0. The molecule has 1 saturated heterocycles. The van der Waals surface area contributed by atoms with Gasteiger partial charge in [-0.1, -0.05) is 18.6 Å². The average Bonchev–Trinajstić information content (AvgIpc) is 2.99. The average molecular weight is 343 g/mol. The molecule has 1 amide bonds. The molecule has 7 heteroatoms. The molecule has 2 N–H and O–H groups in total. The Morgan fingerprint density at radius 1 is 1.39 bits per heavy atom. The fraction of sp³-hybridized carbons (Fsp3) is 0.500. The molecular formula is C16H20ClFN2O3. The molecule has 3 rings (SSSR count). The topological polar surface area (TPSA) is 69.6 Å². The van der Waals surface area contributed by atoms with Gasteiger partial charge in [0.15, 0.2) is 0 Å². The van der Waals surface area contributed by atoms with Crippen LogP contribution in [-0.2, 0) is 9.59 Å². The molecule has 1 aromatic carbocycles. The van der Waals surface area contributed by atoms with E-state index in [4.69, 9.17) is 0 Å². The highest BCUT2D eigenvalue weighted by Gasteiger charge is 2.54. The van der Waals surface area contributed by atoms with Crippen LogP contribution >= 0.6 is 12.4 Å². The maximum atomic E-state index is 13.5. The van der Waals surface area contributed by atoms with Crippen LogP contribution in [0.1, 0.15) is 19.3 Å². The Kier molecular flexibility index (Phi) is 5.26. The molecule has 1 aliphatic carbocycles. The molecular weight excluding hydrogens is 323 g/mol. The first-order valence-corrected chi connectivity index (χ1v) is 7.51. The third kappa shape index (κ3) is 3.33. The molecule has 1 saturated carbocycles. The van der Waals surface area contributed by atoms with E-state index in [1.165, 1.54) is 12.1 Å². The fourth-order valence-corrected chi connectivity index (χ4v) is 3.82. The number of benzene rings is 1. The molecule has 0 spiro atoms. The third-order valence-electron chi connectivity index (χ3n) is 4.88. The van der Waals surface area contributed by atoms with Crippen LogP contribution < -0.4 is 5.32 Å². The van der Waals surface area contributed by atoms with Gasteiger partial charge in [0.05, 0.1) is 17.6 Å². The lowest BCUT2D eigenvalue weighted by Crippen LogP contribution is -2.37. The van der Waals surface area contributed by atoms with E-state index >= 15 is 0 Å². The first kappa shape index (κ1) is 17.7. The van der Waals surface area contributed by atoms with Gasteiger partial charge < -0.3 is 10.4 Å². The Bertz CT molecular complexity index is 613. The maximum Gasteiger partial charge on any atom is 0.311 e. The number of fused-ring (bicyclic) bond motifs is 1. The number of nitrogens with zero attached hydrogens (tertiary/aromatic N) is 1. The second kappa shape index (κ2) is 6.84. The van der Waals surface area contributed by atoms with Crippen LogP contribution in [0, 0.1) is 17.2 Å². The molecule has 1 aliphatic heterocycles. The van der Waals surface area contributed by atoms with Gasteiger partial charge in [0, 0.05) is 13.1 Å². The summed E-state index contributed by atoms with van der Waals surface area (Å²) in [5.74, 6) is -1.43. The minimum Gasteiger partial charge on any atom is -0.481 e. The molecule has 126 valence electrons. The number of amides is 1. The summed E-state index contributed by atoms with van der Waals surface area (Å²) in [5, 5.41) is 12.1. The molecule has 2 fully saturated rings. The van der Waals surface area contributed by atoms with Crippen molar-refractivity contribution in [1.82, 2.24) is 4.90 Å². The number of nitrogens with one attached hydrogen (secondary N) is 1. The van der Waals surface area contributed by atoms with E-state index in [0.717, 1.165) is 12.8 Å². The normalized spacial score (nSPS) is 26.4. The summed E-state index contributed by atoms with van der Waals surface area (Å²) in [6.07, 6.45) is 2.52. The molecule has 0 unspecified atom stereocenters. The lowest BCUT2D eigenvalue weighted by molar-refractivity contribution is -0.149. The van der Waals surface area contributed by atoms with Gasteiger partial charge in [0.25, 0.3) is 0 Å². The Balaban J connectivity index is 0.00000192. The third-order valence-corrected chi connectivity index (χ3v) is 4.88. The summed E-state index contributed by atoms with van der Waals surface area (Å²) in [6, 6.07) is 6.00. The number of carbonyl (C=O) groups is 2. The lowest BCUT2D eigenvalue weighted by atomic mass is 9.81. The minimum absolute atomic E-state index is 0. The largest absolute Gasteiger partial charge is 0.481 e. The number of anilines is 1. The van der Waals surface area contributed by atoms with Gasteiger partial charge in [0.2, 0.25) is 5.91 Å². The Morgan fingerprint density at radius 3 is 2.78 bits per heavy atom. The summed E-state index contributed by atoms with van der Waals surface area (Å²) < 4.78 is 13.5. The van der Waals surface area contributed by atoms with E-state index in [-0.39, 0.29) is 36.5 Å². The predicted octanol–water partition coefficient (Wildman–Crippen LogP) is 2.37. The van der Waals surface area contributed by atoms with Gasteiger partial charge in [-0.25, -0.2) is 4.39 Å². The minimum atomic E-state index is -0.757. The van der Waals surface area contributed by atoms with Crippen LogP contribution in [0.2, 0.25) is 0 Å². The number of para-hydroxylation sites is 1. The number of likely N-dealkylation sites (tertiary alicyclic amines) is 1. The summed E-state index contributed by atoms with van der Waals surface area (Å²) in [5.41, 5.74) is -0.544. The number of halogens is 2. The number of aliphatic carboxylic acids is 1. The van der Waals surface area contributed by atoms with E-state index in [1.54, 1.807) is 12.1 Å². The van der Waals surface area contributed by atoms with Gasteiger partial charge in [-0.15, -0.1) is 12.4 Å². The van der Waals surface area contributed by atoms with Crippen molar-refractivity contribution in [3.63, 3.8) is 0 Å². The number of carboxylic acids is 1. The van der Waals surface area contributed by atoms with Crippen LogP contribution in [0.3, 0.4) is 0 Å². The van der Waals surface area contributed by atoms with Crippen LogP contribution in [0.25, 0.3) is 0 Å². The van der Waals surface area contributed by atoms with Crippen molar-refractivity contribution in [2.75, 3.05) is 25.0 Å². The molecule has 2 aliphatic rings. The van der Waals surface area contributed by atoms with Crippen molar-refractivity contribution >= 4 is 30.0 Å². The smallest absolute Gasteiger partial charge is 0.311 e. The highest BCUT2D eigenvalue weighted by molar-refractivity contribution is 5.92. The second-order valence-corrected chi connectivity index (χ2v) is 6.25. The highest BCUT2D eigenvalue weighted by atomic mass is 35.5. The first-order valence-electron chi connectivity index (χ1n) is 7.51. The molecule has 23 heavy (non-hydrogen) atoms. The fourth-order valence-electron chi connectivity index (χ4n) is 3.82. The SMILES string of the molecule is Cl.O=C(CN1C[C@@H]2CCC[C@@]2(C(=O)O)C1)Nc1ccccc1F. The van der Waals surface area contributed by atoms with Crippen molar-refractivity contribution in [2.45, 2.75) is 19.3 Å². The molecule has 0 radical (unpaired) electrons. The van der Waals surface area contributed by atoms with Crippen molar-refractivity contribution in [2.24, 2.45) is 11.3 Å². The maximum absolute atomic E-state index is 13.5. The van der Waals surface area contributed by atoms with Crippen molar-refractivity contribution < 1.29 is 19.1 Å². The van der Waals surface area contributed by atoms with E-state index < -0.39 is 17.2 Å². The first-order chi connectivity index (χ1) is 10.5. The Hall–Kier alpha value is -1.66. The highest BCUT2D eigenvalue weighted by Crippen LogP contribution is 2.48. The van der Waals surface area contributed by atoms with Crippen LogP contribution in [0.4, 0.5) is 10.1 Å². The number of hydrogen-bond donors (Lipinski definition) is 2. The number of rotatable bonds is 4. The lowest BCUT2D eigenvalue weighted by Gasteiger charge is -2.23. The molecule has 0 bridgehead atoms. The molecule has 5 nitrogen and oxygen atoms in total. The molecule has 0 aromatic heterocycles. The predicted molar refractivity (Wildman–Crippen MR) is 86.1 cm³/mol. The number of carbonyl (C=O) groups excluding carboxylic acids is 1. The summed E-state index contributed by atoms with van der Waals surface area (Å²) in [4.78, 5) is 25.5. The van der Waals surface area contributed by atoms with Crippen molar-refractivity contribution in [3.05, 3.63) is 30.1 Å². The summed E-state index contributed by atoms with van der Waals surface area (Å²) in [6.45, 7) is 1.12. The van der Waals surface area contributed by atoms with Crippen LogP contribution in [0.15, 0.2) is 24.3 Å². The zero-order valence-corrected chi connectivity index (χ0v) is 13.4. The Labute approximate surface area is 140 Å². The number of hydrogen-bond acceptors (Lipinski definition) is 3. The van der Waals surface area contributed by atoms with Crippen LogP contribution in [-0.4, -0.2) is 41.5 Å². The van der Waals surface area contributed by atoms with Gasteiger partial charge in [-0.3, -0.25) is 14.5 Å². The van der Waals surface area contributed by atoms with Crippen LogP contribution in [0.5, 0.6) is 0 Å². The van der Waals surface area contributed by atoms with Gasteiger partial charge in [-0.2, -0.15) is 0 Å². The summed E-state index contributed by atoms with van der Waals surface area (Å²) in [7, 11) is 0. The van der Waals surface area contributed by atoms with E-state index in [9.17, 15) is 19.1 Å². The monoisotopic (exact) mass is 342 g/mol. The quantitative estimate of drug-likeness (QED) is 0.881. The van der Waals surface area contributed by atoms with Gasteiger partial charge in [-0.05, 0) is 30.9 Å². The van der Waals surface area contributed by atoms with Gasteiger partial charge >= 0.3 is 5.97 Å². The number of carboxylic acid groups (broad SMARTS) is 1. The standard InChI is InChI=1S/C16H19FN2O3.ClH/c17-12-5-1-2-6-13(12)18-14(20)9-19-8-11-4-3-7-16(11,10-19)15(21)22;/h1-2,5-6,11H,3-4,7-10H2,(H,18,20)(H,21,22);1H/t11-,16+;/m0./s1. The Morgan fingerprint density at radius 2 is 2.13 bits per heavy atom. The zero-order chi connectivity index (χ0) is 15.7. The molecule has 1 heterocycles. The van der Waals surface area contributed by atoms with Crippen molar-refractivity contribution in [1.29, 1.82) is 0 Å². The van der Waals surface area contributed by atoms with E-state index in [0.29, 0.717) is 19.5 Å². The van der Waals surface area contributed by atoms with Crippen molar-refractivity contribution in [3.8, 4) is 0 Å².